The van der Waals surface area contributed by atoms with Crippen LogP contribution in [0.5, 0.6) is 0 Å². The van der Waals surface area contributed by atoms with Crippen LogP contribution in [-0.2, 0) is 10.5 Å². The average molecular weight is 464 g/mol. The van der Waals surface area contributed by atoms with Gasteiger partial charge in [0.25, 0.3) is 5.91 Å². The van der Waals surface area contributed by atoms with Gasteiger partial charge in [-0.2, -0.15) is 0 Å². The molecule has 3 aromatic rings. The molecule has 4 rings (SSSR count). The Bertz CT molecular complexity index is 1110. The molecule has 1 aliphatic heterocycles. The van der Waals surface area contributed by atoms with Gasteiger partial charge in [-0.1, -0.05) is 17.7 Å². The molecule has 0 radical (unpaired) electrons. The number of oxazole rings is 1. The van der Waals surface area contributed by atoms with Gasteiger partial charge in [-0.25, -0.2) is 4.98 Å². The summed E-state index contributed by atoms with van der Waals surface area (Å²) < 4.78 is 5.89. The van der Waals surface area contributed by atoms with Crippen molar-refractivity contribution >= 4 is 23.6 Å². The molecule has 1 saturated heterocycles. The summed E-state index contributed by atoms with van der Waals surface area (Å²) in [6.07, 6.45) is 2.35. The van der Waals surface area contributed by atoms with Crippen molar-refractivity contribution in [3.8, 4) is 11.5 Å². The first-order valence-electron chi connectivity index (χ1n) is 11.3. The van der Waals surface area contributed by atoms with Crippen molar-refractivity contribution in [1.29, 1.82) is 0 Å². The molecule has 33 heavy (non-hydrogen) atoms. The van der Waals surface area contributed by atoms with E-state index < -0.39 is 0 Å². The SMILES string of the molecule is Cc1ccc(SCc2nc(-c3ccc(C(=O)NCCCN4CCCC4=O)cc3)oc2C)cc1. The number of thioether (sulfide) groups is 1. The topological polar surface area (TPSA) is 75.4 Å². The number of carbonyl (C=O) groups is 2. The van der Waals surface area contributed by atoms with E-state index in [9.17, 15) is 9.59 Å². The summed E-state index contributed by atoms with van der Waals surface area (Å²) in [6.45, 7) is 6.09. The maximum atomic E-state index is 12.4. The Morgan fingerprint density at radius 3 is 2.58 bits per heavy atom. The predicted octanol–water partition coefficient (Wildman–Crippen LogP) is 4.99. The summed E-state index contributed by atoms with van der Waals surface area (Å²) in [5, 5.41) is 2.93. The number of carbonyl (C=O) groups excluding carboxylic acids is 2. The summed E-state index contributed by atoms with van der Waals surface area (Å²) in [5.41, 5.74) is 3.60. The van der Waals surface area contributed by atoms with E-state index in [1.165, 1.54) is 10.5 Å². The molecule has 1 fully saturated rings. The van der Waals surface area contributed by atoms with Crippen molar-refractivity contribution in [3.05, 3.63) is 71.1 Å². The second-order valence-electron chi connectivity index (χ2n) is 8.29. The van der Waals surface area contributed by atoms with Crippen LogP contribution in [0.1, 0.15) is 46.6 Å². The molecule has 6 nitrogen and oxygen atoms in total. The average Bonchev–Trinajstić information content (AvgIpc) is 3.41. The summed E-state index contributed by atoms with van der Waals surface area (Å²) in [5.74, 6) is 2.21. The minimum atomic E-state index is -0.118. The standard InChI is InChI=1S/C26H29N3O3S/c1-18-6-12-22(13-7-18)33-17-23-19(2)32-26(28-23)21-10-8-20(9-11-21)25(31)27-14-4-16-29-15-3-5-24(29)30/h6-13H,3-5,14-17H2,1-2H3,(H,27,31). The van der Waals surface area contributed by atoms with Crippen LogP contribution in [0, 0.1) is 13.8 Å². The maximum Gasteiger partial charge on any atom is 0.251 e. The summed E-state index contributed by atoms with van der Waals surface area (Å²) in [7, 11) is 0. The second kappa shape index (κ2) is 10.7. The van der Waals surface area contributed by atoms with Gasteiger partial charge in [0.2, 0.25) is 11.8 Å². The number of aromatic nitrogens is 1. The minimum absolute atomic E-state index is 0.118. The predicted molar refractivity (Wildman–Crippen MR) is 130 cm³/mol. The zero-order valence-electron chi connectivity index (χ0n) is 19.1. The van der Waals surface area contributed by atoms with E-state index in [1.807, 2.05) is 24.0 Å². The molecular formula is C26H29N3O3S. The first-order chi connectivity index (χ1) is 16.0. The number of likely N-dealkylation sites (tertiary alicyclic amines) is 1. The number of hydrogen-bond acceptors (Lipinski definition) is 5. The molecule has 172 valence electrons. The molecule has 0 unspecified atom stereocenters. The van der Waals surface area contributed by atoms with Gasteiger partial charge in [0.05, 0.1) is 5.69 Å². The molecule has 2 aromatic carbocycles. The maximum absolute atomic E-state index is 12.4. The molecule has 0 saturated carbocycles. The highest BCUT2D eigenvalue weighted by Gasteiger charge is 2.19. The van der Waals surface area contributed by atoms with E-state index in [1.54, 1.807) is 23.9 Å². The smallest absolute Gasteiger partial charge is 0.251 e. The van der Waals surface area contributed by atoms with Gasteiger partial charge in [0.15, 0.2) is 0 Å². The number of rotatable bonds is 9. The third-order valence-corrected chi connectivity index (χ3v) is 6.77. The Hall–Kier alpha value is -3.06. The van der Waals surface area contributed by atoms with E-state index in [2.05, 4.69) is 41.5 Å². The van der Waals surface area contributed by atoms with Crippen molar-refractivity contribution in [2.45, 2.75) is 43.8 Å². The van der Waals surface area contributed by atoms with Gasteiger partial charge >= 0.3 is 0 Å². The van der Waals surface area contributed by atoms with E-state index in [4.69, 9.17) is 4.42 Å². The third kappa shape index (κ3) is 6.05. The van der Waals surface area contributed by atoms with Crippen LogP contribution in [-0.4, -0.2) is 41.3 Å². The zero-order chi connectivity index (χ0) is 23.2. The van der Waals surface area contributed by atoms with Gasteiger partial charge in [-0.3, -0.25) is 9.59 Å². The summed E-state index contributed by atoms with van der Waals surface area (Å²) in [4.78, 5) is 31.8. The molecule has 0 spiro atoms. The third-order valence-electron chi connectivity index (χ3n) is 5.74. The lowest BCUT2D eigenvalue weighted by atomic mass is 10.1. The number of amides is 2. The largest absolute Gasteiger partial charge is 0.441 e. The van der Waals surface area contributed by atoms with Gasteiger partial charge in [-0.05, 0) is 63.1 Å². The molecule has 0 aliphatic carbocycles. The molecule has 7 heteroatoms. The van der Waals surface area contributed by atoms with E-state index in [0.29, 0.717) is 31.0 Å². The number of nitrogens with zero attached hydrogens (tertiary/aromatic N) is 2. The molecule has 1 aliphatic rings. The highest BCUT2D eigenvalue weighted by atomic mass is 32.2. The van der Waals surface area contributed by atoms with Gasteiger partial charge < -0.3 is 14.6 Å². The van der Waals surface area contributed by atoms with Gasteiger partial charge in [0.1, 0.15) is 5.76 Å². The fraction of sp³-hybridized carbons (Fsp3) is 0.346. The number of benzene rings is 2. The van der Waals surface area contributed by atoms with Crippen LogP contribution in [0.25, 0.3) is 11.5 Å². The first-order valence-corrected chi connectivity index (χ1v) is 12.3. The molecular weight excluding hydrogens is 434 g/mol. The van der Waals surface area contributed by atoms with Crippen molar-refractivity contribution in [1.82, 2.24) is 15.2 Å². The number of nitrogens with one attached hydrogen (secondary N) is 1. The fourth-order valence-corrected chi connectivity index (χ4v) is 4.65. The highest BCUT2D eigenvalue weighted by Crippen LogP contribution is 2.28. The Balaban J connectivity index is 1.29. The molecule has 0 atom stereocenters. The van der Waals surface area contributed by atoms with Crippen LogP contribution in [0.3, 0.4) is 0 Å². The minimum Gasteiger partial charge on any atom is -0.441 e. The summed E-state index contributed by atoms with van der Waals surface area (Å²) >= 11 is 1.73. The second-order valence-corrected chi connectivity index (χ2v) is 9.34. The van der Waals surface area contributed by atoms with Crippen LogP contribution in [0.15, 0.2) is 57.8 Å². The lowest BCUT2D eigenvalue weighted by Gasteiger charge is -2.15. The van der Waals surface area contributed by atoms with Crippen LogP contribution >= 0.6 is 11.8 Å². The highest BCUT2D eigenvalue weighted by molar-refractivity contribution is 7.98. The Kier molecular flexibility index (Phi) is 7.50. The normalized spacial score (nSPS) is 13.5. The van der Waals surface area contributed by atoms with E-state index in [0.717, 1.165) is 42.2 Å². The van der Waals surface area contributed by atoms with Crippen molar-refractivity contribution < 1.29 is 14.0 Å². The van der Waals surface area contributed by atoms with Gasteiger partial charge in [-0.15, -0.1) is 11.8 Å². The van der Waals surface area contributed by atoms with Crippen molar-refractivity contribution in [2.24, 2.45) is 0 Å². The molecule has 0 bridgehead atoms. The number of hydrogen-bond donors (Lipinski definition) is 1. The fourth-order valence-electron chi connectivity index (χ4n) is 3.75. The molecule has 1 aromatic heterocycles. The molecule has 1 N–H and O–H groups in total. The van der Waals surface area contributed by atoms with Crippen LogP contribution in [0.2, 0.25) is 0 Å². The zero-order valence-corrected chi connectivity index (χ0v) is 19.9. The van der Waals surface area contributed by atoms with Gasteiger partial charge in [0, 0.05) is 47.8 Å². The monoisotopic (exact) mass is 463 g/mol. The summed E-state index contributed by atoms with van der Waals surface area (Å²) in [6, 6.07) is 15.7. The lowest BCUT2D eigenvalue weighted by Crippen LogP contribution is -2.30. The molecule has 2 amide bonds. The Morgan fingerprint density at radius 2 is 1.88 bits per heavy atom. The van der Waals surface area contributed by atoms with Crippen molar-refractivity contribution in [3.63, 3.8) is 0 Å². The Labute approximate surface area is 198 Å². The van der Waals surface area contributed by atoms with E-state index in [-0.39, 0.29) is 11.8 Å². The van der Waals surface area contributed by atoms with Crippen LogP contribution < -0.4 is 5.32 Å². The Morgan fingerprint density at radius 1 is 1.12 bits per heavy atom. The first kappa shape index (κ1) is 23.1. The number of aryl methyl sites for hydroxylation is 2. The molecule has 2 heterocycles. The van der Waals surface area contributed by atoms with Crippen LogP contribution in [0.4, 0.5) is 0 Å². The lowest BCUT2D eigenvalue weighted by molar-refractivity contribution is -0.127. The van der Waals surface area contributed by atoms with Crippen molar-refractivity contribution in [2.75, 3.05) is 19.6 Å². The quantitative estimate of drug-likeness (QED) is 0.357. The van der Waals surface area contributed by atoms with E-state index >= 15 is 0 Å².